The van der Waals surface area contributed by atoms with E-state index in [4.69, 9.17) is 0 Å². The molecule has 6 heteroatoms. The largest absolute Gasteiger partial charge is 0.378 e. The van der Waals surface area contributed by atoms with Crippen LogP contribution in [0.4, 0.5) is 5.69 Å². The highest BCUT2D eigenvalue weighted by molar-refractivity contribution is 9.10. The zero-order chi connectivity index (χ0) is 13.4. The number of aromatic nitrogens is 3. The first kappa shape index (κ1) is 12.6. The summed E-state index contributed by atoms with van der Waals surface area (Å²) in [7, 11) is 0. The van der Waals surface area contributed by atoms with Crippen molar-refractivity contribution in [1.29, 1.82) is 0 Å². The molecular weight excluding hydrogens is 324 g/mol. The molecule has 3 aromatic rings. The molecule has 0 aromatic carbocycles. The molecule has 0 aliphatic carbocycles. The van der Waals surface area contributed by atoms with Gasteiger partial charge in [-0.1, -0.05) is 0 Å². The van der Waals surface area contributed by atoms with Gasteiger partial charge in [0.15, 0.2) is 4.96 Å². The minimum atomic E-state index is 0.744. The Balaban J connectivity index is 1.87. The van der Waals surface area contributed by atoms with Crippen molar-refractivity contribution in [2.24, 2.45) is 0 Å². The number of nitrogens with zero attached hydrogens (tertiary/aromatic N) is 3. The van der Waals surface area contributed by atoms with Crippen molar-refractivity contribution in [2.75, 3.05) is 5.32 Å². The molecule has 4 nitrogen and oxygen atoms in total. The number of aryl methyl sites for hydroxylation is 2. The number of anilines is 1. The van der Waals surface area contributed by atoms with Crippen molar-refractivity contribution < 1.29 is 0 Å². The van der Waals surface area contributed by atoms with Crippen LogP contribution in [0.5, 0.6) is 0 Å². The average Bonchev–Trinajstić information content (AvgIpc) is 2.89. The van der Waals surface area contributed by atoms with Crippen LogP contribution in [0.25, 0.3) is 4.96 Å². The summed E-state index contributed by atoms with van der Waals surface area (Å²) in [6.07, 6.45) is 1.82. The van der Waals surface area contributed by atoms with E-state index >= 15 is 0 Å². The van der Waals surface area contributed by atoms with Crippen molar-refractivity contribution in [3.05, 3.63) is 45.4 Å². The zero-order valence-corrected chi connectivity index (χ0v) is 13.0. The summed E-state index contributed by atoms with van der Waals surface area (Å²) in [6, 6.07) is 3.93. The predicted octanol–water partition coefficient (Wildman–Crippen LogP) is 3.78. The molecule has 19 heavy (non-hydrogen) atoms. The van der Waals surface area contributed by atoms with Gasteiger partial charge in [0.05, 0.1) is 29.8 Å². The van der Waals surface area contributed by atoms with E-state index in [1.165, 1.54) is 11.4 Å². The maximum atomic E-state index is 4.58. The fourth-order valence-electron chi connectivity index (χ4n) is 2.04. The number of imidazole rings is 1. The van der Waals surface area contributed by atoms with E-state index in [9.17, 15) is 0 Å². The first-order valence-electron chi connectivity index (χ1n) is 5.92. The fraction of sp³-hybridized carbons (Fsp3) is 0.231. The van der Waals surface area contributed by atoms with E-state index in [1.807, 2.05) is 18.3 Å². The van der Waals surface area contributed by atoms with Crippen LogP contribution in [-0.4, -0.2) is 14.4 Å². The summed E-state index contributed by atoms with van der Waals surface area (Å²) in [5, 5.41) is 5.52. The smallest absolute Gasteiger partial charge is 0.194 e. The molecule has 0 saturated heterocycles. The molecule has 0 aliphatic heterocycles. The second kappa shape index (κ2) is 4.94. The number of hydrogen-bond donors (Lipinski definition) is 1. The minimum absolute atomic E-state index is 0.744. The van der Waals surface area contributed by atoms with Gasteiger partial charge >= 0.3 is 0 Å². The van der Waals surface area contributed by atoms with Gasteiger partial charge in [0.25, 0.3) is 0 Å². The van der Waals surface area contributed by atoms with E-state index < -0.39 is 0 Å². The van der Waals surface area contributed by atoms with Crippen LogP contribution in [0.3, 0.4) is 0 Å². The Labute approximate surface area is 123 Å². The van der Waals surface area contributed by atoms with Crippen molar-refractivity contribution in [2.45, 2.75) is 20.4 Å². The van der Waals surface area contributed by atoms with Crippen molar-refractivity contribution in [1.82, 2.24) is 14.4 Å². The van der Waals surface area contributed by atoms with Crippen molar-refractivity contribution in [3.8, 4) is 0 Å². The van der Waals surface area contributed by atoms with Crippen LogP contribution in [0.1, 0.15) is 17.1 Å². The third-order valence-electron chi connectivity index (χ3n) is 3.02. The van der Waals surface area contributed by atoms with Crippen LogP contribution in [0, 0.1) is 13.8 Å². The third-order valence-corrected chi connectivity index (χ3v) is 4.43. The highest BCUT2D eigenvalue weighted by atomic mass is 79.9. The molecule has 3 aromatic heterocycles. The van der Waals surface area contributed by atoms with Crippen LogP contribution < -0.4 is 5.32 Å². The van der Waals surface area contributed by atoms with E-state index in [2.05, 4.69) is 54.8 Å². The van der Waals surface area contributed by atoms with Crippen molar-refractivity contribution in [3.63, 3.8) is 0 Å². The van der Waals surface area contributed by atoms with E-state index in [1.54, 1.807) is 11.3 Å². The second-order valence-corrected chi connectivity index (χ2v) is 6.01. The number of pyridine rings is 1. The normalized spacial score (nSPS) is 11.1. The summed E-state index contributed by atoms with van der Waals surface area (Å²) in [5.74, 6) is 0. The van der Waals surface area contributed by atoms with Crippen LogP contribution in [0.2, 0.25) is 0 Å². The van der Waals surface area contributed by atoms with Gasteiger partial charge in [-0.25, -0.2) is 9.97 Å². The standard InChI is InChI=1S/C13H13BrN4S/c1-8-7-19-13-17-9(2)11(18(8)13)6-15-10-3-4-12(14)16-5-10/h3-5,7,15H,6H2,1-2H3. The minimum Gasteiger partial charge on any atom is -0.378 e. The second-order valence-electron chi connectivity index (χ2n) is 4.36. The van der Waals surface area contributed by atoms with Gasteiger partial charge in [0, 0.05) is 11.1 Å². The predicted molar refractivity (Wildman–Crippen MR) is 81.8 cm³/mol. The van der Waals surface area contributed by atoms with Gasteiger partial charge in [0.1, 0.15) is 4.60 Å². The molecule has 0 aliphatic rings. The molecule has 0 radical (unpaired) electrons. The summed E-state index contributed by atoms with van der Waals surface area (Å²) in [4.78, 5) is 9.84. The Bertz CT molecular complexity index is 714. The molecule has 0 saturated carbocycles. The average molecular weight is 337 g/mol. The first-order chi connectivity index (χ1) is 9.15. The summed E-state index contributed by atoms with van der Waals surface area (Å²) in [5.41, 5.74) is 4.51. The monoisotopic (exact) mass is 336 g/mol. The molecule has 1 N–H and O–H groups in total. The molecule has 3 heterocycles. The van der Waals surface area contributed by atoms with E-state index in [-0.39, 0.29) is 0 Å². The maximum Gasteiger partial charge on any atom is 0.194 e. The number of halogens is 1. The SMILES string of the molecule is Cc1nc2scc(C)n2c1CNc1ccc(Br)nc1. The first-order valence-corrected chi connectivity index (χ1v) is 7.60. The number of fused-ring (bicyclic) bond motifs is 1. The highest BCUT2D eigenvalue weighted by Crippen LogP contribution is 2.21. The van der Waals surface area contributed by atoms with Gasteiger partial charge in [-0.3, -0.25) is 4.40 Å². The Kier molecular flexibility index (Phi) is 3.28. The molecule has 98 valence electrons. The van der Waals surface area contributed by atoms with Crippen LogP contribution in [-0.2, 0) is 6.54 Å². The molecule has 0 fully saturated rings. The summed E-state index contributed by atoms with van der Waals surface area (Å²) >= 11 is 5.01. The molecule has 0 amide bonds. The number of nitrogens with one attached hydrogen (secondary N) is 1. The lowest BCUT2D eigenvalue weighted by Crippen LogP contribution is -2.04. The Morgan fingerprint density at radius 2 is 2.21 bits per heavy atom. The Hall–Kier alpha value is -1.40. The summed E-state index contributed by atoms with van der Waals surface area (Å²) in [6.45, 7) is 4.90. The molecule has 0 spiro atoms. The Morgan fingerprint density at radius 1 is 1.37 bits per heavy atom. The van der Waals surface area contributed by atoms with E-state index in [0.717, 1.165) is 27.5 Å². The van der Waals surface area contributed by atoms with Gasteiger partial charge in [-0.05, 0) is 41.9 Å². The van der Waals surface area contributed by atoms with Gasteiger partial charge in [-0.15, -0.1) is 11.3 Å². The number of rotatable bonds is 3. The van der Waals surface area contributed by atoms with Gasteiger partial charge in [0.2, 0.25) is 0 Å². The number of thiazole rings is 1. The molecular formula is C13H13BrN4S. The zero-order valence-electron chi connectivity index (χ0n) is 10.6. The molecule has 0 atom stereocenters. The van der Waals surface area contributed by atoms with Gasteiger partial charge in [-0.2, -0.15) is 0 Å². The van der Waals surface area contributed by atoms with Crippen molar-refractivity contribution >= 4 is 37.9 Å². The van der Waals surface area contributed by atoms with Crippen LogP contribution in [0.15, 0.2) is 28.3 Å². The Morgan fingerprint density at radius 3 is 2.95 bits per heavy atom. The topological polar surface area (TPSA) is 42.2 Å². The van der Waals surface area contributed by atoms with Gasteiger partial charge < -0.3 is 5.32 Å². The van der Waals surface area contributed by atoms with Crippen LogP contribution >= 0.6 is 27.3 Å². The molecule has 0 bridgehead atoms. The lowest BCUT2D eigenvalue weighted by molar-refractivity contribution is 0.964. The molecule has 0 unspecified atom stereocenters. The number of hydrogen-bond acceptors (Lipinski definition) is 4. The lowest BCUT2D eigenvalue weighted by Gasteiger charge is -2.07. The highest BCUT2D eigenvalue weighted by Gasteiger charge is 2.11. The summed E-state index contributed by atoms with van der Waals surface area (Å²) < 4.78 is 3.05. The lowest BCUT2D eigenvalue weighted by atomic mass is 10.3. The maximum absolute atomic E-state index is 4.58. The quantitative estimate of drug-likeness (QED) is 0.740. The fourth-order valence-corrected chi connectivity index (χ4v) is 3.21. The third kappa shape index (κ3) is 2.37. The van der Waals surface area contributed by atoms with E-state index in [0.29, 0.717) is 0 Å². The molecule has 3 rings (SSSR count).